The van der Waals surface area contributed by atoms with Gasteiger partial charge in [-0.15, -0.1) is 0 Å². The van der Waals surface area contributed by atoms with E-state index < -0.39 is 6.10 Å². The molecule has 0 spiro atoms. The summed E-state index contributed by atoms with van der Waals surface area (Å²) >= 11 is 0. The molecule has 0 bridgehead atoms. The van der Waals surface area contributed by atoms with Crippen LogP contribution in [0.4, 0.5) is 5.69 Å². The van der Waals surface area contributed by atoms with Crippen LogP contribution in [0.3, 0.4) is 0 Å². The number of benzene rings is 1. The molecule has 0 fully saturated rings. The number of anilines is 1. The van der Waals surface area contributed by atoms with E-state index in [1.165, 1.54) is 0 Å². The minimum atomic E-state index is -0.683. The predicted molar refractivity (Wildman–Crippen MR) is 71.5 cm³/mol. The summed E-state index contributed by atoms with van der Waals surface area (Å²) in [6, 6.07) is 12.5. The summed E-state index contributed by atoms with van der Waals surface area (Å²) in [5, 5.41) is 18.7. The topological polar surface area (TPSA) is 84.2 Å². The molecule has 2 rings (SSSR count). The highest BCUT2D eigenvalue weighted by atomic mass is 16.5. The molecule has 0 saturated carbocycles. The first-order valence-electron chi connectivity index (χ1n) is 5.90. The van der Waals surface area contributed by atoms with Crippen LogP contribution in [0.1, 0.15) is 5.69 Å². The number of nitrogens with two attached hydrogens (primary N) is 1. The lowest BCUT2D eigenvalue weighted by atomic mass is 10.3. The maximum absolute atomic E-state index is 9.88. The summed E-state index contributed by atoms with van der Waals surface area (Å²) in [5.74, 6) is 0.654. The number of ether oxygens (including phenoxy) is 1. The fraction of sp³-hybridized carbons (Fsp3) is 0.214. The molecule has 1 atom stereocenters. The number of aromatic nitrogens is 1. The molecule has 98 valence electrons. The van der Waals surface area contributed by atoms with Gasteiger partial charge in [-0.2, -0.15) is 5.26 Å². The van der Waals surface area contributed by atoms with Crippen molar-refractivity contribution in [2.45, 2.75) is 12.6 Å². The Hall–Kier alpha value is -2.45. The molecular weight excluding hydrogens is 242 g/mol. The molecular formula is C14H15N3O2. The maximum atomic E-state index is 9.88. The van der Waals surface area contributed by atoms with E-state index in [1.807, 2.05) is 0 Å². The monoisotopic (exact) mass is 257 g/mol. The number of nitrogens with zero attached hydrogens (tertiary/aromatic N) is 2. The third-order valence-corrected chi connectivity index (χ3v) is 2.67. The second kappa shape index (κ2) is 5.94. The van der Waals surface area contributed by atoms with E-state index in [1.54, 1.807) is 47.2 Å². The molecule has 5 nitrogen and oxygen atoms in total. The van der Waals surface area contributed by atoms with Gasteiger partial charge >= 0.3 is 0 Å². The third-order valence-electron chi connectivity index (χ3n) is 2.67. The lowest BCUT2D eigenvalue weighted by molar-refractivity contribution is 0.0924. The molecule has 0 aliphatic carbocycles. The smallest absolute Gasteiger partial charge is 0.120 e. The van der Waals surface area contributed by atoms with Gasteiger partial charge in [-0.1, -0.05) is 0 Å². The highest BCUT2D eigenvalue weighted by Crippen LogP contribution is 2.13. The number of nitriles is 1. The maximum Gasteiger partial charge on any atom is 0.120 e. The Bertz CT molecular complexity index is 569. The number of aliphatic hydroxyl groups excluding tert-OH is 1. The minimum Gasteiger partial charge on any atom is -0.491 e. The van der Waals surface area contributed by atoms with E-state index in [-0.39, 0.29) is 6.61 Å². The van der Waals surface area contributed by atoms with Crippen LogP contribution in [0.15, 0.2) is 42.6 Å². The van der Waals surface area contributed by atoms with Crippen molar-refractivity contribution >= 4 is 5.69 Å². The van der Waals surface area contributed by atoms with Gasteiger partial charge < -0.3 is 20.1 Å². The van der Waals surface area contributed by atoms with Crippen molar-refractivity contribution in [1.82, 2.24) is 4.57 Å². The van der Waals surface area contributed by atoms with Gasteiger partial charge in [0.15, 0.2) is 0 Å². The summed E-state index contributed by atoms with van der Waals surface area (Å²) in [6.07, 6.45) is 1.07. The van der Waals surface area contributed by atoms with Crippen molar-refractivity contribution in [3.05, 3.63) is 48.3 Å². The molecule has 0 aliphatic heterocycles. The summed E-state index contributed by atoms with van der Waals surface area (Å²) < 4.78 is 7.13. The van der Waals surface area contributed by atoms with E-state index in [0.29, 0.717) is 23.7 Å². The first kappa shape index (κ1) is 13.0. The van der Waals surface area contributed by atoms with Crippen molar-refractivity contribution in [3.63, 3.8) is 0 Å². The Labute approximate surface area is 111 Å². The van der Waals surface area contributed by atoms with Gasteiger partial charge in [0.2, 0.25) is 0 Å². The molecule has 1 aromatic heterocycles. The van der Waals surface area contributed by atoms with Crippen LogP contribution < -0.4 is 10.5 Å². The minimum absolute atomic E-state index is 0.160. The van der Waals surface area contributed by atoms with E-state index >= 15 is 0 Å². The van der Waals surface area contributed by atoms with Crippen molar-refractivity contribution < 1.29 is 9.84 Å². The second-order valence-electron chi connectivity index (χ2n) is 4.19. The van der Waals surface area contributed by atoms with Gasteiger partial charge in [0.1, 0.15) is 30.2 Å². The van der Waals surface area contributed by atoms with E-state index in [4.69, 9.17) is 15.7 Å². The Balaban J connectivity index is 1.87. The largest absolute Gasteiger partial charge is 0.491 e. The SMILES string of the molecule is N#Cc1cccn1CC(O)COc1ccc(N)cc1. The first-order chi connectivity index (χ1) is 9.19. The molecule has 5 heteroatoms. The fourth-order valence-corrected chi connectivity index (χ4v) is 1.71. The molecule has 2 aromatic rings. The Kier molecular flexibility index (Phi) is 4.06. The van der Waals surface area contributed by atoms with Crippen LogP contribution in [0.2, 0.25) is 0 Å². The van der Waals surface area contributed by atoms with Crippen molar-refractivity contribution in [2.24, 2.45) is 0 Å². The van der Waals surface area contributed by atoms with Crippen molar-refractivity contribution in [1.29, 1.82) is 5.26 Å². The molecule has 0 amide bonds. The van der Waals surface area contributed by atoms with Crippen LogP contribution in [0, 0.1) is 11.3 Å². The van der Waals surface area contributed by atoms with E-state index in [2.05, 4.69) is 6.07 Å². The van der Waals surface area contributed by atoms with Crippen molar-refractivity contribution in [2.75, 3.05) is 12.3 Å². The number of nitrogen functional groups attached to an aromatic ring is 1. The van der Waals surface area contributed by atoms with Gasteiger partial charge in [0, 0.05) is 11.9 Å². The quantitative estimate of drug-likeness (QED) is 0.792. The van der Waals surface area contributed by atoms with Gasteiger partial charge in [-0.3, -0.25) is 0 Å². The summed E-state index contributed by atoms with van der Waals surface area (Å²) in [7, 11) is 0. The normalized spacial score (nSPS) is 11.8. The van der Waals surface area contributed by atoms with Gasteiger partial charge in [0.05, 0.1) is 6.54 Å². The summed E-state index contributed by atoms with van der Waals surface area (Å²) in [4.78, 5) is 0. The van der Waals surface area contributed by atoms with Gasteiger partial charge in [-0.05, 0) is 36.4 Å². The van der Waals surface area contributed by atoms with Crippen LogP contribution in [-0.4, -0.2) is 22.4 Å². The van der Waals surface area contributed by atoms with Crippen LogP contribution in [-0.2, 0) is 6.54 Å². The molecule has 0 saturated heterocycles. The Morgan fingerprint density at radius 1 is 1.32 bits per heavy atom. The third kappa shape index (κ3) is 3.50. The van der Waals surface area contributed by atoms with Crippen LogP contribution >= 0.6 is 0 Å². The molecule has 0 aliphatic rings. The number of aliphatic hydroxyl groups is 1. The molecule has 0 radical (unpaired) electrons. The zero-order valence-corrected chi connectivity index (χ0v) is 10.4. The van der Waals surface area contributed by atoms with Crippen LogP contribution in [0.5, 0.6) is 5.75 Å². The van der Waals surface area contributed by atoms with Gasteiger partial charge in [0.25, 0.3) is 0 Å². The van der Waals surface area contributed by atoms with Gasteiger partial charge in [-0.25, -0.2) is 0 Å². The first-order valence-corrected chi connectivity index (χ1v) is 5.90. The highest BCUT2D eigenvalue weighted by molar-refractivity contribution is 5.41. The van der Waals surface area contributed by atoms with Crippen LogP contribution in [0.25, 0.3) is 0 Å². The molecule has 3 N–H and O–H groups in total. The lowest BCUT2D eigenvalue weighted by Gasteiger charge is -2.14. The number of hydrogen-bond acceptors (Lipinski definition) is 4. The average Bonchev–Trinajstić information content (AvgIpc) is 2.85. The standard InChI is InChI=1S/C14H15N3O2/c15-8-12-2-1-7-17(12)9-13(18)10-19-14-5-3-11(16)4-6-14/h1-7,13,18H,9-10,16H2. The number of rotatable bonds is 5. The summed E-state index contributed by atoms with van der Waals surface area (Å²) in [6.45, 7) is 0.484. The Morgan fingerprint density at radius 3 is 2.74 bits per heavy atom. The molecule has 1 heterocycles. The fourth-order valence-electron chi connectivity index (χ4n) is 1.71. The average molecular weight is 257 g/mol. The van der Waals surface area contributed by atoms with Crippen molar-refractivity contribution in [3.8, 4) is 11.8 Å². The number of hydrogen-bond donors (Lipinski definition) is 2. The van der Waals surface area contributed by atoms with E-state index in [0.717, 1.165) is 0 Å². The molecule has 1 aromatic carbocycles. The zero-order chi connectivity index (χ0) is 13.7. The lowest BCUT2D eigenvalue weighted by Crippen LogP contribution is -2.23. The predicted octanol–water partition coefficient (Wildman–Crippen LogP) is 1.38. The molecule has 1 unspecified atom stereocenters. The second-order valence-corrected chi connectivity index (χ2v) is 4.19. The molecule has 19 heavy (non-hydrogen) atoms. The zero-order valence-electron chi connectivity index (χ0n) is 10.4. The van der Waals surface area contributed by atoms with E-state index in [9.17, 15) is 5.11 Å². The summed E-state index contributed by atoms with van der Waals surface area (Å²) in [5.41, 5.74) is 6.75. The Morgan fingerprint density at radius 2 is 2.05 bits per heavy atom. The highest BCUT2D eigenvalue weighted by Gasteiger charge is 2.08.